The van der Waals surface area contributed by atoms with Gasteiger partial charge in [-0.2, -0.15) is 0 Å². The predicted molar refractivity (Wildman–Crippen MR) is 142 cm³/mol. The monoisotopic (exact) mass is 493 g/mol. The SMILES string of the molecule is CO[C@H](c1ccc(NC(=O)C2CCCNC2)cc1)[C@H](C)/C=C/CC(=O)N(CCO)Cc1ccccc1. The standard InChI is InChI=1S/C29H39N3O4/c1-22(8-6-12-27(34)32(18-19-33)21-23-9-4-3-5-10-23)28(36-2)24-13-15-26(16-14-24)31-29(35)25-11-7-17-30-20-25/h3-6,8-10,13-16,22,25,28,30,33H,7,11-12,17-21H2,1-2H3,(H,31,35)/b8-6+/t22-,25?,28+/m1/s1. The van der Waals surface area contributed by atoms with Crippen molar-refractivity contribution in [3.63, 3.8) is 0 Å². The first kappa shape index (κ1) is 27.6. The second-order valence-electron chi connectivity index (χ2n) is 9.33. The van der Waals surface area contributed by atoms with Gasteiger partial charge in [0, 0.05) is 44.8 Å². The molecule has 2 aromatic rings. The van der Waals surface area contributed by atoms with Gasteiger partial charge in [-0.3, -0.25) is 9.59 Å². The Hall–Kier alpha value is -3.00. The summed E-state index contributed by atoms with van der Waals surface area (Å²) in [5.41, 5.74) is 2.82. The Bertz CT molecular complexity index is 972. The van der Waals surface area contributed by atoms with E-state index >= 15 is 0 Å². The second kappa shape index (κ2) is 14.5. The third kappa shape index (κ3) is 8.29. The van der Waals surface area contributed by atoms with Crippen LogP contribution in [0.4, 0.5) is 5.69 Å². The van der Waals surface area contributed by atoms with Crippen molar-refractivity contribution in [2.75, 3.05) is 38.7 Å². The number of carbonyl (C=O) groups excluding carboxylic acids is 2. The zero-order valence-electron chi connectivity index (χ0n) is 21.4. The molecule has 0 saturated carbocycles. The zero-order valence-corrected chi connectivity index (χ0v) is 21.4. The normalized spacial score (nSPS) is 17.5. The number of carbonyl (C=O) groups is 2. The molecule has 1 unspecified atom stereocenters. The minimum absolute atomic E-state index is 0.0130. The molecular formula is C29H39N3O4. The van der Waals surface area contributed by atoms with Crippen LogP contribution in [-0.4, -0.2) is 55.2 Å². The number of piperidine rings is 1. The molecular weight excluding hydrogens is 454 g/mol. The largest absolute Gasteiger partial charge is 0.395 e. The predicted octanol–water partition coefficient (Wildman–Crippen LogP) is 3.92. The Balaban J connectivity index is 1.54. The van der Waals surface area contributed by atoms with Crippen molar-refractivity contribution in [2.24, 2.45) is 11.8 Å². The van der Waals surface area contributed by atoms with E-state index < -0.39 is 0 Å². The lowest BCUT2D eigenvalue weighted by atomic mass is 9.96. The molecule has 0 bridgehead atoms. The van der Waals surface area contributed by atoms with E-state index in [1.165, 1.54) is 0 Å². The molecule has 0 radical (unpaired) electrons. The molecule has 7 nitrogen and oxygen atoms in total. The highest BCUT2D eigenvalue weighted by molar-refractivity contribution is 5.92. The minimum atomic E-state index is -0.179. The van der Waals surface area contributed by atoms with Gasteiger partial charge in [0.15, 0.2) is 0 Å². The molecule has 194 valence electrons. The Morgan fingerprint density at radius 3 is 2.58 bits per heavy atom. The van der Waals surface area contributed by atoms with Crippen LogP contribution in [0.1, 0.15) is 43.4 Å². The van der Waals surface area contributed by atoms with E-state index in [-0.39, 0.29) is 42.8 Å². The number of aliphatic hydroxyl groups is 1. The first-order valence-electron chi connectivity index (χ1n) is 12.8. The van der Waals surface area contributed by atoms with Gasteiger partial charge in [-0.05, 0) is 42.6 Å². The number of benzene rings is 2. The molecule has 0 spiro atoms. The number of rotatable bonds is 12. The Labute approximate surface area is 214 Å². The summed E-state index contributed by atoms with van der Waals surface area (Å²) in [5.74, 6) is 0.0799. The number of aliphatic hydroxyl groups excluding tert-OH is 1. The van der Waals surface area contributed by atoms with Gasteiger partial charge in [-0.1, -0.05) is 61.5 Å². The summed E-state index contributed by atoms with van der Waals surface area (Å²) >= 11 is 0. The minimum Gasteiger partial charge on any atom is -0.395 e. The highest BCUT2D eigenvalue weighted by Gasteiger charge is 2.21. The molecule has 0 aromatic heterocycles. The van der Waals surface area contributed by atoms with E-state index in [1.54, 1.807) is 12.0 Å². The van der Waals surface area contributed by atoms with Gasteiger partial charge in [0.2, 0.25) is 11.8 Å². The highest BCUT2D eigenvalue weighted by Crippen LogP contribution is 2.28. The molecule has 36 heavy (non-hydrogen) atoms. The van der Waals surface area contributed by atoms with E-state index in [2.05, 4.69) is 17.6 Å². The van der Waals surface area contributed by atoms with Crippen molar-refractivity contribution < 1.29 is 19.4 Å². The Morgan fingerprint density at radius 2 is 1.94 bits per heavy atom. The maximum absolute atomic E-state index is 12.8. The molecule has 7 heteroatoms. The number of anilines is 1. The van der Waals surface area contributed by atoms with Crippen molar-refractivity contribution >= 4 is 17.5 Å². The first-order valence-corrected chi connectivity index (χ1v) is 12.8. The van der Waals surface area contributed by atoms with Crippen LogP contribution in [0.15, 0.2) is 66.7 Å². The molecule has 1 fully saturated rings. The van der Waals surface area contributed by atoms with Crippen molar-refractivity contribution in [2.45, 2.75) is 38.8 Å². The van der Waals surface area contributed by atoms with E-state index in [4.69, 9.17) is 4.74 Å². The summed E-state index contributed by atoms with van der Waals surface area (Å²) in [6, 6.07) is 17.5. The van der Waals surface area contributed by atoms with Gasteiger partial charge in [0.05, 0.1) is 18.6 Å². The van der Waals surface area contributed by atoms with Crippen molar-refractivity contribution in [1.29, 1.82) is 0 Å². The number of hydrogen-bond acceptors (Lipinski definition) is 5. The van der Waals surface area contributed by atoms with Crippen LogP contribution in [0.2, 0.25) is 0 Å². The van der Waals surface area contributed by atoms with Crippen LogP contribution in [0.3, 0.4) is 0 Å². The average Bonchev–Trinajstić information content (AvgIpc) is 2.91. The number of nitrogens with zero attached hydrogens (tertiary/aromatic N) is 1. The third-order valence-corrected chi connectivity index (χ3v) is 6.58. The fourth-order valence-electron chi connectivity index (χ4n) is 4.56. The molecule has 2 aromatic carbocycles. The molecule has 1 aliphatic rings. The van der Waals surface area contributed by atoms with Gasteiger partial charge in [0.1, 0.15) is 0 Å². The summed E-state index contributed by atoms with van der Waals surface area (Å²) in [6.45, 7) is 4.47. The molecule has 1 heterocycles. The first-order chi connectivity index (χ1) is 17.5. The maximum atomic E-state index is 12.8. The quantitative estimate of drug-likeness (QED) is 0.390. The summed E-state index contributed by atoms with van der Waals surface area (Å²) < 4.78 is 5.76. The number of methoxy groups -OCH3 is 1. The van der Waals surface area contributed by atoms with Crippen LogP contribution in [0.5, 0.6) is 0 Å². The van der Waals surface area contributed by atoms with E-state index in [1.807, 2.05) is 66.7 Å². The summed E-state index contributed by atoms with van der Waals surface area (Å²) in [6.07, 6.45) is 5.89. The van der Waals surface area contributed by atoms with Crippen molar-refractivity contribution in [1.82, 2.24) is 10.2 Å². The van der Waals surface area contributed by atoms with Gasteiger partial charge in [-0.25, -0.2) is 0 Å². The fraction of sp³-hybridized carbons (Fsp3) is 0.448. The molecule has 0 aliphatic carbocycles. The molecule has 3 rings (SSSR count). The lowest BCUT2D eigenvalue weighted by Gasteiger charge is -2.23. The Kier molecular flexibility index (Phi) is 11.1. The van der Waals surface area contributed by atoms with Gasteiger partial charge in [-0.15, -0.1) is 0 Å². The second-order valence-corrected chi connectivity index (χ2v) is 9.33. The molecule has 1 aliphatic heterocycles. The van der Waals surface area contributed by atoms with E-state index in [9.17, 15) is 14.7 Å². The molecule has 2 amide bonds. The Morgan fingerprint density at radius 1 is 1.19 bits per heavy atom. The smallest absolute Gasteiger partial charge is 0.228 e. The third-order valence-electron chi connectivity index (χ3n) is 6.58. The highest BCUT2D eigenvalue weighted by atomic mass is 16.5. The zero-order chi connectivity index (χ0) is 25.8. The molecule has 3 N–H and O–H groups in total. The maximum Gasteiger partial charge on any atom is 0.228 e. The van der Waals surface area contributed by atoms with E-state index in [0.29, 0.717) is 13.1 Å². The lowest BCUT2D eigenvalue weighted by molar-refractivity contribution is -0.131. The fourth-order valence-corrected chi connectivity index (χ4v) is 4.56. The van der Waals surface area contributed by atoms with Crippen LogP contribution < -0.4 is 10.6 Å². The van der Waals surface area contributed by atoms with Crippen LogP contribution >= 0.6 is 0 Å². The average molecular weight is 494 g/mol. The number of hydrogen-bond donors (Lipinski definition) is 3. The van der Waals surface area contributed by atoms with Crippen LogP contribution in [0.25, 0.3) is 0 Å². The van der Waals surface area contributed by atoms with Crippen molar-refractivity contribution in [3.8, 4) is 0 Å². The number of amides is 2. The molecule has 3 atom stereocenters. The summed E-state index contributed by atoms with van der Waals surface area (Å²) in [5, 5.41) is 15.7. The van der Waals surface area contributed by atoms with Gasteiger partial charge >= 0.3 is 0 Å². The van der Waals surface area contributed by atoms with E-state index in [0.717, 1.165) is 42.7 Å². The molecule has 1 saturated heterocycles. The van der Waals surface area contributed by atoms with Crippen LogP contribution in [0, 0.1) is 11.8 Å². The number of nitrogens with one attached hydrogen (secondary N) is 2. The summed E-state index contributed by atoms with van der Waals surface area (Å²) in [7, 11) is 1.68. The van der Waals surface area contributed by atoms with Crippen molar-refractivity contribution in [3.05, 3.63) is 77.9 Å². The summed E-state index contributed by atoms with van der Waals surface area (Å²) in [4.78, 5) is 26.9. The lowest BCUT2D eigenvalue weighted by Crippen LogP contribution is -2.37. The number of ether oxygens (including phenoxy) is 1. The van der Waals surface area contributed by atoms with Crippen LogP contribution in [-0.2, 0) is 20.9 Å². The van der Waals surface area contributed by atoms with Gasteiger partial charge in [0.25, 0.3) is 0 Å². The topological polar surface area (TPSA) is 90.9 Å². The van der Waals surface area contributed by atoms with Gasteiger partial charge < -0.3 is 25.4 Å².